The number of hydrogen-bond acceptors (Lipinski definition) is 6. The second-order valence-corrected chi connectivity index (χ2v) is 18.5. The van der Waals surface area contributed by atoms with Crippen LogP contribution in [0.3, 0.4) is 0 Å². The van der Waals surface area contributed by atoms with E-state index in [2.05, 4.69) is 69.4 Å². The van der Waals surface area contributed by atoms with Gasteiger partial charge in [0.25, 0.3) is 0 Å². The largest absolute Gasteiger partial charge is 0.462 e. The quantitative estimate of drug-likeness (QED) is 0.0262. The van der Waals surface area contributed by atoms with Crippen LogP contribution in [-0.4, -0.2) is 37.2 Å². The maximum atomic E-state index is 12.8. The predicted molar refractivity (Wildman–Crippen MR) is 275 cm³/mol. The third-order valence-electron chi connectivity index (χ3n) is 12.0. The summed E-state index contributed by atoms with van der Waals surface area (Å²) >= 11 is 0. The minimum atomic E-state index is -0.784. The standard InChI is InChI=1S/C58H104O6/c1-4-7-10-13-16-19-22-25-28-29-31-33-36-39-42-45-48-51-57(60)63-54-55(53-62-56(59)50-47-44-41-38-35-32-27-24-21-18-15-12-9-6-3)64-58(61)52-49-46-43-40-37-34-30-26-23-20-17-14-11-8-5-2/h17,20,24-28,30,55H,4-16,18-19,21-23,29,31-54H2,1-3H3/b20-17-,27-24-,28-25-,30-26-. The molecule has 0 rings (SSSR count). The molecule has 0 fully saturated rings. The highest BCUT2D eigenvalue weighted by Gasteiger charge is 2.19. The first kappa shape index (κ1) is 61.4. The van der Waals surface area contributed by atoms with Gasteiger partial charge in [-0.1, -0.05) is 211 Å². The molecule has 0 amide bonds. The van der Waals surface area contributed by atoms with Crippen molar-refractivity contribution in [2.75, 3.05) is 13.2 Å². The zero-order valence-electron chi connectivity index (χ0n) is 42.6. The van der Waals surface area contributed by atoms with Gasteiger partial charge in [-0.15, -0.1) is 0 Å². The van der Waals surface area contributed by atoms with Crippen LogP contribution >= 0.6 is 0 Å². The lowest BCUT2D eigenvalue weighted by Gasteiger charge is -2.18. The van der Waals surface area contributed by atoms with Crippen LogP contribution in [0.5, 0.6) is 0 Å². The maximum Gasteiger partial charge on any atom is 0.306 e. The van der Waals surface area contributed by atoms with E-state index in [9.17, 15) is 14.4 Å². The topological polar surface area (TPSA) is 78.9 Å². The second-order valence-electron chi connectivity index (χ2n) is 18.5. The molecule has 6 nitrogen and oxygen atoms in total. The van der Waals surface area contributed by atoms with Crippen molar-refractivity contribution in [3.05, 3.63) is 48.6 Å². The normalized spacial score (nSPS) is 12.4. The third-order valence-corrected chi connectivity index (χ3v) is 12.0. The molecular formula is C58H104O6. The molecule has 0 heterocycles. The SMILES string of the molecule is CCCCC/C=C\C/C=C\CCCCCCCC(=O)OC(COC(=O)CCCCCCC/C=C\CCCCCCC)COC(=O)CCCCCCCCC/C=C\CCCCCCCC. The van der Waals surface area contributed by atoms with Gasteiger partial charge in [-0.3, -0.25) is 14.4 Å². The van der Waals surface area contributed by atoms with E-state index in [0.29, 0.717) is 19.3 Å². The van der Waals surface area contributed by atoms with Crippen LogP contribution < -0.4 is 0 Å². The Labute approximate surface area is 397 Å². The summed E-state index contributed by atoms with van der Waals surface area (Å²) in [6.45, 7) is 6.60. The molecule has 6 heteroatoms. The van der Waals surface area contributed by atoms with Crippen LogP contribution in [-0.2, 0) is 28.6 Å². The Kier molecular flexibility index (Phi) is 50.8. The lowest BCUT2D eigenvalue weighted by molar-refractivity contribution is -0.167. The Balaban J connectivity index is 4.40. The summed E-state index contributed by atoms with van der Waals surface area (Å²) in [5.74, 6) is -0.900. The fourth-order valence-corrected chi connectivity index (χ4v) is 7.81. The van der Waals surface area contributed by atoms with Gasteiger partial charge >= 0.3 is 17.9 Å². The van der Waals surface area contributed by atoms with E-state index < -0.39 is 6.10 Å². The van der Waals surface area contributed by atoms with Gasteiger partial charge in [-0.05, 0) is 103 Å². The van der Waals surface area contributed by atoms with Crippen molar-refractivity contribution in [1.82, 2.24) is 0 Å². The lowest BCUT2D eigenvalue weighted by Crippen LogP contribution is -2.30. The molecular weight excluding hydrogens is 793 g/mol. The van der Waals surface area contributed by atoms with Crippen LogP contribution in [0.2, 0.25) is 0 Å². The number of hydrogen-bond donors (Lipinski definition) is 0. The highest BCUT2D eigenvalue weighted by atomic mass is 16.6. The first-order valence-electron chi connectivity index (χ1n) is 27.6. The van der Waals surface area contributed by atoms with Crippen molar-refractivity contribution in [3.8, 4) is 0 Å². The Hall–Kier alpha value is -2.63. The van der Waals surface area contributed by atoms with Gasteiger partial charge < -0.3 is 14.2 Å². The fourth-order valence-electron chi connectivity index (χ4n) is 7.81. The molecule has 0 aromatic rings. The first-order valence-corrected chi connectivity index (χ1v) is 27.6. The summed E-state index contributed by atoms with van der Waals surface area (Å²) in [6, 6.07) is 0. The number of carbonyl (C=O) groups excluding carboxylic acids is 3. The van der Waals surface area contributed by atoms with Crippen LogP contribution in [0.1, 0.15) is 284 Å². The van der Waals surface area contributed by atoms with E-state index in [0.717, 1.165) is 89.9 Å². The van der Waals surface area contributed by atoms with Gasteiger partial charge in [0.2, 0.25) is 0 Å². The number of allylic oxidation sites excluding steroid dienone is 8. The van der Waals surface area contributed by atoms with Crippen molar-refractivity contribution < 1.29 is 28.6 Å². The Bertz CT molecular complexity index is 1120. The molecule has 0 saturated carbocycles. The van der Waals surface area contributed by atoms with Crippen molar-refractivity contribution >= 4 is 17.9 Å². The molecule has 0 bridgehead atoms. The van der Waals surface area contributed by atoms with Crippen molar-refractivity contribution in [2.24, 2.45) is 0 Å². The average Bonchev–Trinajstić information content (AvgIpc) is 3.29. The third kappa shape index (κ3) is 50.4. The highest BCUT2D eigenvalue weighted by molar-refractivity contribution is 5.71. The van der Waals surface area contributed by atoms with Gasteiger partial charge in [-0.2, -0.15) is 0 Å². The number of rotatable bonds is 50. The smallest absolute Gasteiger partial charge is 0.306 e. The molecule has 64 heavy (non-hydrogen) atoms. The van der Waals surface area contributed by atoms with E-state index in [1.54, 1.807) is 0 Å². The molecule has 372 valence electrons. The monoisotopic (exact) mass is 897 g/mol. The molecule has 0 spiro atoms. The van der Waals surface area contributed by atoms with E-state index in [-0.39, 0.29) is 31.1 Å². The zero-order chi connectivity index (χ0) is 46.5. The van der Waals surface area contributed by atoms with E-state index in [4.69, 9.17) is 14.2 Å². The average molecular weight is 897 g/mol. The molecule has 0 aliphatic rings. The van der Waals surface area contributed by atoms with Crippen LogP contribution in [0.4, 0.5) is 0 Å². The molecule has 0 aliphatic carbocycles. The molecule has 0 radical (unpaired) electrons. The van der Waals surface area contributed by atoms with Gasteiger partial charge in [-0.25, -0.2) is 0 Å². The van der Waals surface area contributed by atoms with Crippen molar-refractivity contribution in [1.29, 1.82) is 0 Å². The molecule has 0 aromatic heterocycles. The molecule has 1 unspecified atom stereocenters. The fraction of sp³-hybridized carbons (Fsp3) is 0.810. The van der Waals surface area contributed by atoms with Gasteiger partial charge in [0, 0.05) is 19.3 Å². The number of ether oxygens (including phenoxy) is 3. The summed E-state index contributed by atoms with van der Waals surface area (Å²) in [4.78, 5) is 38.1. The van der Waals surface area contributed by atoms with Crippen LogP contribution in [0, 0.1) is 0 Å². The highest BCUT2D eigenvalue weighted by Crippen LogP contribution is 2.15. The Morgan fingerprint density at radius 3 is 0.906 bits per heavy atom. The Morgan fingerprint density at radius 1 is 0.312 bits per heavy atom. The summed E-state index contributed by atoms with van der Waals surface area (Å²) in [5.41, 5.74) is 0. The first-order chi connectivity index (χ1) is 31.5. The van der Waals surface area contributed by atoms with Crippen LogP contribution in [0.15, 0.2) is 48.6 Å². The molecule has 0 saturated heterocycles. The zero-order valence-corrected chi connectivity index (χ0v) is 42.6. The van der Waals surface area contributed by atoms with Crippen LogP contribution in [0.25, 0.3) is 0 Å². The summed E-state index contributed by atoms with van der Waals surface area (Å²) in [5, 5.41) is 0. The Morgan fingerprint density at radius 2 is 0.562 bits per heavy atom. The minimum Gasteiger partial charge on any atom is -0.462 e. The van der Waals surface area contributed by atoms with Gasteiger partial charge in [0.05, 0.1) is 0 Å². The molecule has 0 aromatic carbocycles. The van der Waals surface area contributed by atoms with Gasteiger partial charge in [0.15, 0.2) is 6.10 Å². The van der Waals surface area contributed by atoms with E-state index in [1.807, 2.05) is 0 Å². The lowest BCUT2D eigenvalue weighted by atomic mass is 10.1. The summed E-state index contributed by atoms with van der Waals surface area (Å²) < 4.78 is 16.8. The molecule has 0 aliphatic heterocycles. The number of unbranched alkanes of at least 4 members (excludes halogenated alkanes) is 31. The predicted octanol–water partition coefficient (Wildman–Crippen LogP) is 18.3. The van der Waals surface area contributed by atoms with E-state index in [1.165, 1.54) is 154 Å². The van der Waals surface area contributed by atoms with Gasteiger partial charge in [0.1, 0.15) is 13.2 Å². The molecule has 0 N–H and O–H groups in total. The van der Waals surface area contributed by atoms with Crippen molar-refractivity contribution in [2.45, 2.75) is 290 Å². The summed E-state index contributed by atoms with van der Waals surface area (Å²) in [6.07, 6.45) is 63.8. The maximum absolute atomic E-state index is 12.8. The molecule has 1 atom stereocenters. The second kappa shape index (κ2) is 53.0. The summed E-state index contributed by atoms with van der Waals surface area (Å²) in [7, 11) is 0. The van der Waals surface area contributed by atoms with Crippen molar-refractivity contribution in [3.63, 3.8) is 0 Å². The number of carbonyl (C=O) groups is 3. The minimum absolute atomic E-state index is 0.0826. The van der Waals surface area contributed by atoms with E-state index >= 15 is 0 Å². The number of esters is 3.